The fourth-order valence-electron chi connectivity index (χ4n) is 2.09. The maximum absolute atomic E-state index is 13.0. The van der Waals surface area contributed by atoms with Gasteiger partial charge in [-0.05, 0) is 49.2 Å². The lowest BCUT2D eigenvalue weighted by Crippen LogP contribution is -2.25. The number of rotatable bonds is 6. The van der Waals surface area contributed by atoms with Crippen LogP contribution in [0.15, 0.2) is 42.6 Å². The molecule has 0 amide bonds. The minimum absolute atomic E-state index is 0.0362. The van der Waals surface area contributed by atoms with E-state index in [2.05, 4.69) is 17.2 Å². The molecule has 0 bridgehead atoms. The molecule has 0 aliphatic heterocycles. The van der Waals surface area contributed by atoms with Crippen LogP contribution in [0, 0.1) is 5.82 Å². The molecule has 0 fully saturated rings. The fraction of sp³-hybridized carbons (Fsp3) is 0.312. The largest absolute Gasteiger partial charge is 0.308 e. The lowest BCUT2D eigenvalue weighted by molar-refractivity contribution is 0.517. The number of hydrogen-bond acceptors (Lipinski definition) is 2. The van der Waals surface area contributed by atoms with Crippen LogP contribution in [0.3, 0.4) is 0 Å². The number of aromatic nitrogens is 1. The standard InChI is InChI=1S/C16H18ClFN2/c1-2-9-19-15(16-14(17)4-3-10-20-16)11-12-5-7-13(18)8-6-12/h3-8,10,15,19H,2,9,11H2,1H3. The average molecular weight is 293 g/mol. The van der Waals surface area contributed by atoms with Gasteiger partial charge in [0.1, 0.15) is 5.82 Å². The molecule has 106 valence electrons. The summed E-state index contributed by atoms with van der Waals surface area (Å²) in [5, 5.41) is 4.10. The Hall–Kier alpha value is -1.45. The molecular formula is C16H18ClFN2. The van der Waals surface area contributed by atoms with Crippen LogP contribution in [0.2, 0.25) is 5.02 Å². The number of nitrogens with zero attached hydrogens (tertiary/aromatic N) is 1. The molecular weight excluding hydrogens is 275 g/mol. The molecule has 0 aliphatic rings. The van der Waals surface area contributed by atoms with E-state index in [-0.39, 0.29) is 11.9 Å². The first kappa shape index (κ1) is 14.9. The Morgan fingerprint density at radius 2 is 2.00 bits per heavy atom. The van der Waals surface area contributed by atoms with E-state index in [1.807, 2.05) is 12.1 Å². The Balaban J connectivity index is 2.19. The molecule has 1 aromatic heterocycles. The zero-order valence-corrected chi connectivity index (χ0v) is 12.2. The van der Waals surface area contributed by atoms with Gasteiger partial charge in [-0.2, -0.15) is 0 Å². The summed E-state index contributed by atoms with van der Waals surface area (Å²) in [6.07, 6.45) is 3.51. The van der Waals surface area contributed by atoms with Gasteiger partial charge in [0.05, 0.1) is 16.8 Å². The van der Waals surface area contributed by atoms with E-state index in [0.29, 0.717) is 5.02 Å². The van der Waals surface area contributed by atoms with Gasteiger partial charge in [0, 0.05) is 6.20 Å². The molecule has 2 rings (SSSR count). The molecule has 1 atom stereocenters. The van der Waals surface area contributed by atoms with Crippen molar-refractivity contribution in [3.05, 3.63) is 64.7 Å². The lowest BCUT2D eigenvalue weighted by atomic mass is 10.0. The van der Waals surface area contributed by atoms with Crippen molar-refractivity contribution in [2.24, 2.45) is 0 Å². The maximum Gasteiger partial charge on any atom is 0.123 e. The second kappa shape index (κ2) is 7.36. The quantitative estimate of drug-likeness (QED) is 0.865. The third kappa shape index (κ3) is 4.02. The zero-order valence-electron chi connectivity index (χ0n) is 11.4. The average Bonchev–Trinajstić information content (AvgIpc) is 2.46. The van der Waals surface area contributed by atoms with E-state index in [9.17, 15) is 4.39 Å². The van der Waals surface area contributed by atoms with Crippen LogP contribution < -0.4 is 5.32 Å². The van der Waals surface area contributed by atoms with Crippen LogP contribution in [0.4, 0.5) is 4.39 Å². The van der Waals surface area contributed by atoms with Crippen LogP contribution in [-0.2, 0) is 6.42 Å². The molecule has 0 spiro atoms. The van der Waals surface area contributed by atoms with Crippen molar-refractivity contribution in [3.8, 4) is 0 Å². The van der Waals surface area contributed by atoms with Gasteiger partial charge < -0.3 is 5.32 Å². The molecule has 2 nitrogen and oxygen atoms in total. The summed E-state index contributed by atoms with van der Waals surface area (Å²) in [4.78, 5) is 4.38. The summed E-state index contributed by atoms with van der Waals surface area (Å²) < 4.78 is 13.0. The van der Waals surface area contributed by atoms with E-state index in [1.54, 1.807) is 18.3 Å². The van der Waals surface area contributed by atoms with Gasteiger partial charge >= 0.3 is 0 Å². The smallest absolute Gasteiger partial charge is 0.123 e. The fourth-order valence-corrected chi connectivity index (χ4v) is 2.35. The number of nitrogens with one attached hydrogen (secondary N) is 1. The topological polar surface area (TPSA) is 24.9 Å². The third-order valence-electron chi connectivity index (χ3n) is 3.11. The first-order valence-corrected chi connectivity index (χ1v) is 7.16. The maximum atomic E-state index is 13.0. The molecule has 0 radical (unpaired) electrons. The molecule has 1 heterocycles. The Morgan fingerprint density at radius 3 is 2.65 bits per heavy atom. The Kier molecular flexibility index (Phi) is 5.50. The van der Waals surface area contributed by atoms with E-state index >= 15 is 0 Å². The van der Waals surface area contributed by atoms with E-state index in [4.69, 9.17) is 11.6 Å². The van der Waals surface area contributed by atoms with Gasteiger partial charge in [-0.1, -0.05) is 30.7 Å². The van der Waals surface area contributed by atoms with Crippen LogP contribution in [0.25, 0.3) is 0 Å². The predicted molar refractivity (Wildman–Crippen MR) is 80.4 cm³/mol. The number of halogens is 2. The molecule has 1 aromatic carbocycles. The normalized spacial score (nSPS) is 12.3. The van der Waals surface area contributed by atoms with Crippen LogP contribution >= 0.6 is 11.6 Å². The lowest BCUT2D eigenvalue weighted by Gasteiger charge is -2.19. The number of hydrogen-bond donors (Lipinski definition) is 1. The third-order valence-corrected chi connectivity index (χ3v) is 3.43. The van der Waals surface area contributed by atoms with Crippen LogP contribution in [0.1, 0.15) is 30.6 Å². The van der Waals surface area contributed by atoms with E-state index in [1.165, 1.54) is 12.1 Å². The van der Waals surface area contributed by atoms with Gasteiger partial charge in [0.2, 0.25) is 0 Å². The molecule has 0 saturated carbocycles. The van der Waals surface area contributed by atoms with Gasteiger partial charge in [0.15, 0.2) is 0 Å². The second-order valence-corrected chi connectivity index (χ2v) is 5.11. The highest BCUT2D eigenvalue weighted by Gasteiger charge is 2.16. The minimum Gasteiger partial charge on any atom is -0.308 e. The highest BCUT2D eigenvalue weighted by atomic mass is 35.5. The van der Waals surface area contributed by atoms with Crippen LogP contribution in [-0.4, -0.2) is 11.5 Å². The first-order valence-electron chi connectivity index (χ1n) is 6.79. The van der Waals surface area contributed by atoms with Crippen molar-refractivity contribution >= 4 is 11.6 Å². The first-order chi connectivity index (χ1) is 9.70. The molecule has 0 saturated heterocycles. The Labute approximate surface area is 124 Å². The van der Waals surface area contributed by atoms with Gasteiger partial charge in [0.25, 0.3) is 0 Å². The summed E-state index contributed by atoms with van der Waals surface area (Å²) in [6, 6.07) is 10.3. The Morgan fingerprint density at radius 1 is 1.25 bits per heavy atom. The molecule has 0 aliphatic carbocycles. The van der Waals surface area contributed by atoms with Gasteiger partial charge in [-0.3, -0.25) is 4.98 Å². The van der Waals surface area contributed by atoms with Crippen molar-refractivity contribution in [1.29, 1.82) is 0 Å². The van der Waals surface area contributed by atoms with E-state index < -0.39 is 0 Å². The number of pyridine rings is 1. The van der Waals surface area contributed by atoms with Crippen molar-refractivity contribution in [2.75, 3.05) is 6.54 Å². The monoisotopic (exact) mass is 292 g/mol. The highest BCUT2D eigenvalue weighted by molar-refractivity contribution is 6.31. The number of benzene rings is 1. The van der Waals surface area contributed by atoms with Crippen molar-refractivity contribution < 1.29 is 4.39 Å². The van der Waals surface area contributed by atoms with E-state index in [0.717, 1.165) is 30.6 Å². The van der Waals surface area contributed by atoms with Crippen molar-refractivity contribution in [2.45, 2.75) is 25.8 Å². The molecule has 1 unspecified atom stereocenters. The minimum atomic E-state index is -0.220. The van der Waals surface area contributed by atoms with Crippen LogP contribution in [0.5, 0.6) is 0 Å². The molecule has 2 aromatic rings. The van der Waals surface area contributed by atoms with Gasteiger partial charge in [-0.25, -0.2) is 4.39 Å². The summed E-state index contributed by atoms with van der Waals surface area (Å²) in [5.74, 6) is -0.220. The summed E-state index contributed by atoms with van der Waals surface area (Å²) in [6.45, 7) is 3.00. The highest BCUT2D eigenvalue weighted by Crippen LogP contribution is 2.23. The molecule has 20 heavy (non-hydrogen) atoms. The van der Waals surface area contributed by atoms with Gasteiger partial charge in [-0.15, -0.1) is 0 Å². The summed E-state index contributed by atoms with van der Waals surface area (Å²) in [5.41, 5.74) is 1.90. The van der Waals surface area contributed by atoms with Crippen molar-refractivity contribution in [3.63, 3.8) is 0 Å². The molecule has 1 N–H and O–H groups in total. The van der Waals surface area contributed by atoms with Crippen molar-refractivity contribution in [1.82, 2.24) is 10.3 Å². The summed E-state index contributed by atoms with van der Waals surface area (Å²) >= 11 is 6.23. The zero-order chi connectivity index (χ0) is 14.4. The SMILES string of the molecule is CCCNC(Cc1ccc(F)cc1)c1ncccc1Cl. The molecule has 4 heteroatoms. The predicted octanol–water partition coefficient (Wildman–Crippen LogP) is 4.16. The second-order valence-electron chi connectivity index (χ2n) is 4.71. The summed E-state index contributed by atoms with van der Waals surface area (Å²) in [7, 11) is 0. The Bertz CT molecular complexity index is 542.